The van der Waals surface area contributed by atoms with Crippen molar-refractivity contribution in [2.75, 3.05) is 19.5 Å². The van der Waals surface area contributed by atoms with Crippen molar-refractivity contribution in [1.29, 1.82) is 0 Å². The molecular formula is C27H27N7O3. The molecule has 1 amide bonds. The van der Waals surface area contributed by atoms with Crippen LogP contribution < -0.4 is 20.1 Å². The number of methoxy groups -OCH3 is 1. The SMILES string of the molecule is CNC(=O)c1ccc(Nc2nc(OC3CCCC3)c3c(-c4ccc5c(c4)CN=N5)c[nH]c3n2)c(OC)c1. The number of azo groups is 1. The molecule has 2 aromatic heterocycles. The maximum absolute atomic E-state index is 12.0. The molecule has 3 N–H and O–H groups in total. The van der Waals surface area contributed by atoms with Gasteiger partial charge in [0.05, 0.1) is 30.4 Å². The minimum atomic E-state index is -0.192. The van der Waals surface area contributed by atoms with E-state index in [9.17, 15) is 4.79 Å². The van der Waals surface area contributed by atoms with Gasteiger partial charge < -0.3 is 25.1 Å². The molecule has 1 saturated carbocycles. The first-order valence-electron chi connectivity index (χ1n) is 12.4. The largest absolute Gasteiger partial charge is 0.495 e. The quantitative estimate of drug-likeness (QED) is 0.303. The highest BCUT2D eigenvalue weighted by molar-refractivity contribution is 5.98. The van der Waals surface area contributed by atoms with Crippen LogP contribution in [0.5, 0.6) is 11.6 Å². The summed E-state index contributed by atoms with van der Waals surface area (Å²) < 4.78 is 12.0. The Morgan fingerprint density at radius 1 is 1.11 bits per heavy atom. The molecule has 0 spiro atoms. The van der Waals surface area contributed by atoms with Crippen LogP contribution in [0.2, 0.25) is 0 Å². The Kier molecular flexibility index (Phi) is 5.91. The van der Waals surface area contributed by atoms with E-state index >= 15 is 0 Å². The Morgan fingerprint density at radius 2 is 1.97 bits per heavy atom. The molecule has 37 heavy (non-hydrogen) atoms. The van der Waals surface area contributed by atoms with Crippen LogP contribution in [0.25, 0.3) is 22.2 Å². The first-order valence-corrected chi connectivity index (χ1v) is 12.4. The van der Waals surface area contributed by atoms with E-state index in [2.05, 4.69) is 31.9 Å². The lowest BCUT2D eigenvalue weighted by atomic mass is 10.0. The highest BCUT2D eigenvalue weighted by Crippen LogP contribution is 2.39. The van der Waals surface area contributed by atoms with Gasteiger partial charge in [-0.25, -0.2) is 0 Å². The lowest BCUT2D eigenvalue weighted by Gasteiger charge is -2.16. The van der Waals surface area contributed by atoms with Crippen molar-refractivity contribution < 1.29 is 14.3 Å². The molecule has 0 unspecified atom stereocenters. The number of nitrogens with one attached hydrogen (secondary N) is 3. The van der Waals surface area contributed by atoms with Crippen LogP contribution in [-0.4, -0.2) is 41.1 Å². The fourth-order valence-electron chi connectivity index (χ4n) is 4.90. The molecule has 0 radical (unpaired) electrons. The van der Waals surface area contributed by atoms with Gasteiger partial charge >= 0.3 is 0 Å². The summed E-state index contributed by atoms with van der Waals surface area (Å²) in [5.74, 6) is 1.21. The van der Waals surface area contributed by atoms with Crippen LogP contribution in [-0.2, 0) is 6.54 Å². The third-order valence-electron chi connectivity index (χ3n) is 6.83. The number of carbonyl (C=O) groups is 1. The standard InChI is InChI=1S/C27H27N7O3/c1-28-25(35)16-8-10-21(22(12-16)36-2)31-27-32-24-23(26(33-27)37-18-5-3-4-6-18)19(14-29-24)15-7-9-20-17(11-15)13-30-34-20/h7-12,14,18H,3-6,13H2,1-2H3,(H,28,35)(H2,29,31,32,33). The van der Waals surface area contributed by atoms with Gasteiger partial charge in [0, 0.05) is 29.9 Å². The molecule has 1 aliphatic carbocycles. The predicted molar refractivity (Wildman–Crippen MR) is 140 cm³/mol. The van der Waals surface area contributed by atoms with E-state index in [1.807, 2.05) is 18.3 Å². The Bertz CT molecular complexity index is 1520. The van der Waals surface area contributed by atoms with Gasteiger partial charge in [-0.15, -0.1) is 0 Å². The van der Waals surface area contributed by atoms with Crippen molar-refractivity contribution in [3.63, 3.8) is 0 Å². The molecule has 3 heterocycles. The smallest absolute Gasteiger partial charge is 0.251 e. The number of aromatic nitrogens is 3. The summed E-state index contributed by atoms with van der Waals surface area (Å²) in [4.78, 5) is 24.9. The number of rotatable bonds is 7. The number of aromatic amines is 1. The number of nitrogens with zero attached hydrogens (tertiary/aromatic N) is 4. The highest BCUT2D eigenvalue weighted by atomic mass is 16.5. The average Bonchev–Trinajstić information content (AvgIpc) is 3.69. The van der Waals surface area contributed by atoms with Crippen molar-refractivity contribution in [1.82, 2.24) is 20.3 Å². The summed E-state index contributed by atoms with van der Waals surface area (Å²) >= 11 is 0. The molecule has 0 saturated heterocycles. The van der Waals surface area contributed by atoms with E-state index in [1.165, 1.54) is 0 Å². The van der Waals surface area contributed by atoms with Gasteiger partial charge in [0.1, 0.15) is 17.5 Å². The molecule has 2 aliphatic rings. The second-order valence-electron chi connectivity index (χ2n) is 9.16. The number of benzene rings is 2. The summed E-state index contributed by atoms with van der Waals surface area (Å²) in [6.45, 7) is 0.585. The van der Waals surface area contributed by atoms with E-state index in [0.717, 1.165) is 53.4 Å². The van der Waals surface area contributed by atoms with Crippen molar-refractivity contribution in [2.24, 2.45) is 10.2 Å². The first-order chi connectivity index (χ1) is 18.1. The number of hydrogen-bond donors (Lipinski definition) is 3. The van der Waals surface area contributed by atoms with Gasteiger partial charge in [-0.05, 0) is 61.6 Å². The van der Waals surface area contributed by atoms with E-state index < -0.39 is 0 Å². The second-order valence-corrected chi connectivity index (χ2v) is 9.16. The number of H-pyrrole nitrogens is 1. The zero-order valence-corrected chi connectivity index (χ0v) is 20.7. The molecule has 188 valence electrons. The van der Waals surface area contributed by atoms with Crippen molar-refractivity contribution in [3.8, 4) is 22.8 Å². The number of anilines is 2. The maximum atomic E-state index is 12.0. The summed E-state index contributed by atoms with van der Waals surface area (Å²) in [6.07, 6.45) is 6.37. The number of hydrogen-bond acceptors (Lipinski definition) is 8. The van der Waals surface area contributed by atoms with Gasteiger partial charge in [0.25, 0.3) is 5.91 Å². The minimum absolute atomic E-state index is 0.118. The van der Waals surface area contributed by atoms with Gasteiger partial charge in [-0.3, -0.25) is 4.79 Å². The van der Waals surface area contributed by atoms with Gasteiger partial charge in [0.2, 0.25) is 11.8 Å². The molecular weight excluding hydrogens is 470 g/mol. The van der Waals surface area contributed by atoms with Crippen molar-refractivity contribution in [2.45, 2.75) is 38.3 Å². The number of fused-ring (bicyclic) bond motifs is 2. The van der Waals surface area contributed by atoms with Crippen LogP contribution in [0.4, 0.5) is 17.3 Å². The molecule has 10 heteroatoms. The molecule has 6 rings (SSSR count). The Balaban J connectivity index is 1.40. The Morgan fingerprint density at radius 3 is 2.78 bits per heavy atom. The van der Waals surface area contributed by atoms with Crippen LogP contribution in [0.3, 0.4) is 0 Å². The van der Waals surface area contributed by atoms with Crippen molar-refractivity contribution >= 4 is 34.3 Å². The first kappa shape index (κ1) is 23.0. The fraction of sp³-hybridized carbons (Fsp3) is 0.296. The lowest BCUT2D eigenvalue weighted by Crippen LogP contribution is -2.17. The molecule has 0 atom stereocenters. The summed E-state index contributed by atoms with van der Waals surface area (Å²) in [7, 11) is 3.15. The van der Waals surface area contributed by atoms with Gasteiger partial charge in [0.15, 0.2) is 0 Å². The molecule has 4 aromatic rings. The zero-order chi connectivity index (χ0) is 25.4. The molecule has 0 bridgehead atoms. The topological polar surface area (TPSA) is 126 Å². The van der Waals surface area contributed by atoms with Gasteiger partial charge in [-0.2, -0.15) is 20.2 Å². The van der Waals surface area contributed by atoms with Gasteiger partial charge in [-0.1, -0.05) is 6.07 Å². The van der Waals surface area contributed by atoms with Crippen LogP contribution in [0.15, 0.2) is 52.8 Å². The predicted octanol–water partition coefficient (Wildman–Crippen LogP) is 5.66. The normalized spacial score (nSPS) is 14.6. The molecule has 2 aromatic carbocycles. The Labute approximate surface area is 213 Å². The monoisotopic (exact) mass is 497 g/mol. The van der Waals surface area contributed by atoms with Crippen LogP contribution in [0.1, 0.15) is 41.6 Å². The van der Waals surface area contributed by atoms with E-state index in [4.69, 9.17) is 19.4 Å². The molecule has 1 fully saturated rings. The molecule has 10 nitrogen and oxygen atoms in total. The highest BCUT2D eigenvalue weighted by Gasteiger charge is 2.23. The minimum Gasteiger partial charge on any atom is -0.495 e. The summed E-state index contributed by atoms with van der Waals surface area (Å²) in [5, 5.41) is 15.0. The van der Waals surface area contributed by atoms with Crippen molar-refractivity contribution in [3.05, 3.63) is 53.7 Å². The van der Waals surface area contributed by atoms with Crippen LogP contribution in [0, 0.1) is 0 Å². The molecule has 1 aliphatic heterocycles. The zero-order valence-electron chi connectivity index (χ0n) is 20.7. The Hall–Kier alpha value is -4.47. The van der Waals surface area contributed by atoms with E-state index in [0.29, 0.717) is 41.0 Å². The lowest BCUT2D eigenvalue weighted by molar-refractivity contribution is 0.0962. The third kappa shape index (κ3) is 4.35. The summed E-state index contributed by atoms with van der Waals surface area (Å²) in [5.41, 5.74) is 5.80. The van der Waals surface area contributed by atoms with Crippen LogP contribution >= 0.6 is 0 Å². The second kappa shape index (κ2) is 9.53. The average molecular weight is 498 g/mol. The number of amides is 1. The maximum Gasteiger partial charge on any atom is 0.251 e. The van der Waals surface area contributed by atoms with E-state index in [-0.39, 0.29) is 12.0 Å². The summed E-state index contributed by atoms with van der Waals surface area (Å²) in [6, 6.07) is 11.3. The third-order valence-corrected chi connectivity index (χ3v) is 6.83. The fourth-order valence-corrected chi connectivity index (χ4v) is 4.90. The number of ether oxygens (including phenoxy) is 2. The number of carbonyl (C=O) groups excluding carboxylic acids is 1. The van der Waals surface area contributed by atoms with E-state index in [1.54, 1.807) is 32.4 Å².